The van der Waals surface area contributed by atoms with Gasteiger partial charge in [-0.05, 0) is 23.8 Å². The van der Waals surface area contributed by atoms with E-state index in [1.54, 1.807) is 7.11 Å². The van der Waals surface area contributed by atoms with Gasteiger partial charge in [0, 0.05) is 25.0 Å². The number of benzene rings is 1. The maximum Gasteiger partial charge on any atom is 0.122 e. The zero-order valence-electron chi connectivity index (χ0n) is 9.53. The fourth-order valence-electron chi connectivity index (χ4n) is 1.32. The summed E-state index contributed by atoms with van der Waals surface area (Å²) in [6, 6.07) is 7.85. The maximum absolute atomic E-state index is 7.35. The van der Waals surface area contributed by atoms with Crippen LogP contribution in [0, 0.1) is 5.41 Å². The number of nitrogen functional groups attached to an aromatic ring is 1. The topological polar surface area (TPSA) is 59.1 Å². The minimum absolute atomic E-state index is 0.131. The van der Waals surface area contributed by atoms with Crippen LogP contribution in [-0.2, 0) is 10.5 Å². The van der Waals surface area contributed by atoms with Crippen LogP contribution >= 0.6 is 11.8 Å². The molecule has 0 atom stereocenters. The van der Waals surface area contributed by atoms with Crippen molar-refractivity contribution in [3.8, 4) is 0 Å². The summed E-state index contributed by atoms with van der Waals surface area (Å²) in [4.78, 5) is 0. The van der Waals surface area contributed by atoms with Gasteiger partial charge in [0.15, 0.2) is 0 Å². The maximum atomic E-state index is 7.35. The molecule has 1 rings (SSSR count). The van der Waals surface area contributed by atoms with E-state index in [9.17, 15) is 0 Å². The van der Waals surface area contributed by atoms with Crippen molar-refractivity contribution in [2.45, 2.75) is 12.2 Å². The number of rotatable bonds is 7. The normalized spacial score (nSPS) is 10.3. The average Bonchev–Trinajstić information content (AvgIpc) is 2.29. The van der Waals surface area contributed by atoms with Gasteiger partial charge in [-0.3, -0.25) is 5.41 Å². The molecule has 16 heavy (non-hydrogen) atoms. The highest BCUT2D eigenvalue weighted by atomic mass is 32.2. The van der Waals surface area contributed by atoms with Crippen molar-refractivity contribution in [3.63, 3.8) is 0 Å². The molecular weight excluding hydrogens is 220 g/mol. The van der Waals surface area contributed by atoms with Crippen LogP contribution in [0.1, 0.15) is 17.5 Å². The smallest absolute Gasteiger partial charge is 0.122 e. The van der Waals surface area contributed by atoms with Crippen LogP contribution in [-0.4, -0.2) is 25.3 Å². The van der Waals surface area contributed by atoms with Gasteiger partial charge in [0.2, 0.25) is 0 Å². The third-order valence-corrected chi connectivity index (χ3v) is 3.26. The third-order valence-electron chi connectivity index (χ3n) is 2.14. The quantitative estimate of drug-likeness (QED) is 0.435. The van der Waals surface area contributed by atoms with Crippen molar-refractivity contribution in [1.82, 2.24) is 0 Å². The predicted octanol–water partition coefficient (Wildman–Crippen LogP) is 2.24. The van der Waals surface area contributed by atoms with E-state index in [4.69, 9.17) is 15.9 Å². The molecule has 0 aliphatic carbocycles. The lowest BCUT2D eigenvalue weighted by Gasteiger charge is -2.04. The van der Waals surface area contributed by atoms with Crippen LogP contribution in [0.3, 0.4) is 0 Å². The molecule has 0 aliphatic heterocycles. The van der Waals surface area contributed by atoms with Crippen molar-refractivity contribution in [1.29, 1.82) is 5.41 Å². The standard InChI is InChI=1S/C12H18N2OS/c1-15-6-3-7-16-9-10-4-2-5-11(8-10)12(13)14/h2,4-5,8H,3,6-7,9H2,1H3,(H3,13,14). The van der Waals surface area contributed by atoms with Crippen molar-refractivity contribution < 1.29 is 4.74 Å². The highest BCUT2D eigenvalue weighted by Crippen LogP contribution is 2.14. The Balaban J connectivity index is 2.36. The summed E-state index contributed by atoms with van der Waals surface area (Å²) in [6.07, 6.45) is 1.08. The molecule has 0 saturated carbocycles. The third kappa shape index (κ3) is 4.68. The zero-order valence-corrected chi connectivity index (χ0v) is 10.3. The second-order valence-electron chi connectivity index (χ2n) is 3.51. The van der Waals surface area contributed by atoms with Crippen molar-refractivity contribution in [3.05, 3.63) is 35.4 Å². The summed E-state index contributed by atoms with van der Waals surface area (Å²) in [6.45, 7) is 0.820. The summed E-state index contributed by atoms with van der Waals surface area (Å²) < 4.78 is 4.99. The molecule has 0 saturated heterocycles. The molecule has 0 fully saturated rings. The Morgan fingerprint density at radius 2 is 2.31 bits per heavy atom. The molecule has 0 unspecified atom stereocenters. The number of methoxy groups -OCH3 is 1. The monoisotopic (exact) mass is 238 g/mol. The van der Waals surface area contributed by atoms with E-state index < -0.39 is 0 Å². The van der Waals surface area contributed by atoms with Gasteiger partial charge in [0.05, 0.1) is 0 Å². The number of hydrogen-bond donors (Lipinski definition) is 2. The number of nitrogens with one attached hydrogen (secondary N) is 1. The van der Waals surface area contributed by atoms with E-state index in [-0.39, 0.29) is 5.84 Å². The molecule has 0 spiro atoms. The molecule has 1 aromatic rings. The van der Waals surface area contributed by atoms with E-state index in [1.165, 1.54) is 5.56 Å². The lowest BCUT2D eigenvalue weighted by molar-refractivity contribution is 0.200. The fraction of sp³-hybridized carbons (Fsp3) is 0.417. The first-order valence-electron chi connectivity index (χ1n) is 5.24. The second kappa shape index (κ2) is 7.30. The zero-order chi connectivity index (χ0) is 11.8. The van der Waals surface area contributed by atoms with Gasteiger partial charge in [-0.1, -0.05) is 18.2 Å². The van der Waals surface area contributed by atoms with E-state index in [0.29, 0.717) is 0 Å². The molecule has 1 aromatic carbocycles. The lowest BCUT2D eigenvalue weighted by Crippen LogP contribution is -2.10. The van der Waals surface area contributed by atoms with E-state index in [1.807, 2.05) is 30.0 Å². The molecule has 0 amide bonds. The Bertz CT molecular complexity index is 342. The van der Waals surface area contributed by atoms with Crippen LogP contribution in [0.25, 0.3) is 0 Å². The van der Waals surface area contributed by atoms with Crippen LogP contribution < -0.4 is 5.73 Å². The van der Waals surface area contributed by atoms with E-state index in [0.717, 1.165) is 30.1 Å². The molecule has 88 valence electrons. The lowest BCUT2D eigenvalue weighted by atomic mass is 10.1. The molecule has 0 aliphatic rings. The van der Waals surface area contributed by atoms with Crippen molar-refractivity contribution in [2.75, 3.05) is 19.5 Å². The van der Waals surface area contributed by atoms with E-state index >= 15 is 0 Å². The van der Waals surface area contributed by atoms with E-state index in [2.05, 4.69) is 6.07 Å². The number of ether oxygens (including phenoxy) is 1. The first-order chi connectivity index (χ1) is 7.74. The van der Waals surface area contributed by atoms with Gasteiger partial charge in [-0.25, -0.2) is 0 Å². The highest BCUT2D eigenvalue weighted by molar-refractivity contribution is 7.98. The summed E-state index contributed by atoms with van der Waals surface area (Å²) in [7, 11) is 1.72. The SMILES string of the molecule is COCCCSCc1cccc(C(=N)N)c1. The fourth-order valence-corrected chi connectivity index (χ4v) is 2.21. The van der Waals surface area contributed by atoms with Gasteiger partial charge >= 0.3 is 0 Å². The summed E-state index contributed by atoms with van der Waals surface area (Å²) in [5.74, 6) is 2.19. The Hall–Kier alpha value is -1.00. The van der Waals surface area contributed by atoms with Crippen LogP contribution in [0.5, 0.6) is 0 Å². The van der Waals surface area contributed by atoms with Crippen LogP contribution in [0.15, 0.2) is 24.3 Å². The minimum atomic E-state index is 0.131. The first-order valence-corrected chi connectivity index (χ1v) is 6.39. The number of thioether (sulfide) groups is 1. The van der Waals surface area contributed by atoms with Crippen LogP contribution in [0.2, 0.25) is 0 Å². The first kappa shape index (κ1) is 13.1. The molecule has 4 heteroatoms. The van der Waals surface area contributed by atoms with Gasteiger partial charge in [-0.2, -0.15) is 11.8 Å². The minimum Gasteiger partial charge on any atom is -0.385 e. The molecular formula is C12H18N2OS. The Labute approximate surface area is 101 Å². The second-order valence-corrected chi connectivity index (χ2v) is 4.62. The number of hydrogen-bond acceptors (Lipinski definition) is 3. The molecule has 0 aromatic heterocycles. The van der Waals surface area contributed by atoms with Gasteiger partial charge in [-0.15, -0.1) is 0 Å². The molecule has 3 N–H and O–H groups in total. The molecule has 0 radical (unpaired) electrons. The average molecular weight is 238 g/mol. The molecule has 0 heterocycles. The summed E-state index contributed by atoms with van der Waals surface area (Å²) >= 11 is 1.88. The highest BCUT2D eigenvalue weighted by Gasteiger charge is 1.98. The number of amidine groups is 1. The van der Waals surface area contributed by atoms with Crippen LogP contribution in [0.4, 0.5) is 0 Å². The van der Waals surface area contributed by atoms with Gasteiger partial charge < -0.3 is 10.5 Å². The summed E-state index contributed by atoms with van der Waals surface area (Å²) in [5.41, 5.74) is 7.46. The van der Waals surface area contributed by atoms with Gasteiger partial charge in [0.1, 0.15) is 5.84 Å². The largest absolute Gasteiger partial charge is 0.385 e. The predicted molar refractivity (Wildman–Crippen MR) is 70.1 cm³/mol. The molecule has 0 bridgehead atoms. The molecule has 3 nitrogen and oxygen atoms in total. The number of nitrogens with two attached hydrogens (primary N) is 1. The van der Waals surface area contributed by atoms with Gasteiger partial charge in [0.25, 0.3) is 0 Å². The summed E-state index contributed by atoms with van der Waals surface area (Å²) in [5, 5.41) is 7.35. The Morgan fingerprint density at radius 1 is 1.50 bits per heavy atom. The van der Waals surface area contributed by atoms with Crippen molar-refractivity contribution in [2.24, 2.45) is 5.73 Å². The van der Waals surface area contributed by atoms with Crippen molar-refractivity contribution >= 4 is 17.6 Å². The Kier molecular flexibility index (Phi) is 5.96. The Morgan fingerprint density at radius 3 is 3.00 bits per heavy atom.